The third-order valence-electron chi connectivity index (χ3n) is 2.59. The van der Waals surface area contributed by atoms with Gasteiger partial charge in [0.15, 0.2) is 0 Å². The van der Waals surface area contributed by atoms with Gasteiger partial charge in [-0.25, -0.2) is 0 Å². The summed E-state index contributed by atoms with van der Waals surface area (Å²) in [6.45, 7) is 4.85. The summed E-state index contributed by atoms with van der Waals surface area (Å²) in [5.74, 6) is 5.17. The van der Waals surface area contributed by atoms with Crippen LogP contribution >= 0.6 is 11.6 Å². The van der Waals surface area contributed by atoms with E-state index in [1.807, 2.05) is 13.8 Å². The van der Waals surface area contributed by atoms with Gasteiger partial charge >= 0.3 is 0 Å². The summed E-state index contributed by atoms with van der Waals surface area (Å²) in [5, 5.41) is 9.16. The molecule has 1 amide bonds. The number of benzene rings is 1. The first-order valence-corrected chi connectivity index (χ1v) is 6.21. The Morgan fingerprint density at radius 3 is 2.61 bits per heavy atom. The second-order valence-corrected chi connectivity index (χ2v) is 4.01. The Bertz CT molecular complexity index is 484. The van der Waals surface area contributed by atoms with Crippen LogP contribution in [0.2, 0.25) is 5.02 Å². The summed E-state index contributed by atoms with van der Waals surface area (Å²) in [4.78, 5) is 14.0. The molecule has 0 fully saturated rings. The van der Waals surface area contributed by atoms with Gasteiger partial charge in [-0.3, -0.25) is 4.79 Å². The van der Waals surface area contributed by atoms with Crippen LogP contribution in [-0.2, 0) is 0 Å². The lowest BCUT2D eigenvalue weighted by Crippen LogP contribution is -2.31. The molecule has 0 aromatic heterocycles. The highest BCUT2D eigenvalue weighted by molar-refractivity contribution is 6.32. The zero-order valence-electron chi connectivity index (χ0n) is 10.5. The highest BCUT2D eigenvalue weighted by Crippen LogP contribution is 2.20. The molecule has 0 unspecified atom stereocenters. The van der Waals surface area contributed by atoms with Crippen molar-refractivity contribution in [3.05, 3.63) is 34.3 Å². The SMILES string of the molecule is CCN(CC)C(=O)c1cccc(Cl)c1C#CCO. The molecule has 0 aliphatic heterocycles. The molecule has 1 aromatic rings. The van der Waals surface area contributed by atoms with E-state index in [1.165, 1.54) is 0 Å². The highest BCUT2D eigenvalue weighted by atomic mass is 35.5. The fraction of sp³-hybridized carbons (Fsp3) is 0.357. The maximum atomic E-state index is 12.3. The van der Waals surface area contributed by atoms with Crippen molar-refractivity contribution in [1.29, 1.82) is 0 Å². The molecule has 96 valence electrons. The van der Waals surface area contributed by atoms with Crippen molar-refractivity contribution in [3.8, 4) is 11.8 Å². The smallest absolute Gasteiger partial charge is 0.255 e. The Labute approximate surface area is 112 Å². The molecule has 0 aliphatic carbocycles. The van der Waals surface area contributed by atoms with Gasteiger partial charge in [0.2, 0.25) is 0 Å². The van der Waals surface area contributed by atoms with Crippen molar-refractivity contribution in [1.82, 2.24) is 4.90 Å². The Morgan fingerprint density at radius 2 is 2.06 bits per heavy atom. The topological polar surface area (TPSA) is 40.5 Å². The molecule has 18 heavy (non-hydrogen) atoms. The maximum absolute atomic E-state index is 12.3. The van der Waals surface area contributed by atoms with Crippen LogP contribution < -0.4 is 0 Å². The molecule has 3 nitrogen and oxygen atoms in total. The first kappa shape index (κ1) is 14.6. The first-order chi connectivity index (χ1) is 8.65. The van der Waals surface area contributed by atoms with Crippen LogP contribution in [0.3, 0.4) is 0 Å². The minimum Gasteiger partial charge on any atom is -0.384 e. The minimum absolute atomic E-state index is 0.0928. The largest absolute Gasteiger partial charge is 0.384 e. The average Bonchev–Trinajstić information content (AvgIpc) is 2.38. The number of carbonyl (C=O) groups is 1. The normalized spacial score (nSPS) is 9.56. The van der Waals surface area contributed by atoms with E-state index in [4.69, 9.17) is 16.7 Å². The fourth-order valence-corrected chi connectivity index (χ4v) is 1.86. The van der Waals surface area contributed by atoms with E-state index in [2.05, 4.69) is 11.8 Å². The number of aliphatic hydroxyl groups is 1. The Kier molecular flexibility index (Phi) is 5.70. The zero-order valence-corrected chi connectivity index (χ0v) is 11.3. The predicted molar refractivity (Wildman–Crippen MR) is 72.7 cm³/mol. The predicted octanol–water partition coefficient (Wildman–Crippen LogP) is 2.17. The van der Waals surface area contributed by atoms with Gasteiger partial charge in [0.1, 0.15) is 6.61 Å². The van der Waals surface area contributed by atoms with Crippen LogP contribution in [0, 0.1) is 11.8 Å². The molecule has 0 atom stereocenters. The molecule has 4 heteroatoms. The molecule has 1 rings (SSSR count). The highest BCUT2D eigenvalue weighted by Gasteiger charge is 2.17. The summed E-state index contributed by atoms with van der Waals surface area (Å²) < 4.78 is 0. The third kappa shape index (κ3) is 3.25. The molecule has 0 saturated carbocycles. The van der Waals surface area contributed by atoms with Gasteiger partial charge in [0.25, 0.3) is 5.91 Å². The number of hydrogen-bond acceptors (Lipinski definition) is 2. The second kappa shape index (κ2) is 7.05. The van der Waals surface area contributed by atoms with Gasteiger partial charge < -0.3 is 10.0 Å². The number of halogens is 1. The van der Waals surface area contributed by atoms with Crippen molar-refractivity contribution in [2.45, 2.75) is 13.8 Å². The maximum Gasteiger partial charge on any atom is 0.255 e. The summed E-state index contributed by atoms with van der Waals surface area (Å²) in [6.07, 6.45) is 0. The van der Waals surface area contributed by atoms with Crippen LogP contribution in [0.15, 0.2) is 18.2 Å². The van der Waals surface area contributed by atoms with Crippen LogP contribution in [0.1, 0.15) is 29.8 Å². The van der Waals surface area contributed by atoms with E-state index in [1.54, 1.807) is 23.1 Å². The lowest BCUT2D eigenvalue weighted by molar-refractivity contribution is 0.0772. The van der Waals surface area contributed by atoms with Crippen molar-refractivity contribution in [2.75, 3.05) is 19.7 Å². The third-order valence-corrected chi connectivity index (χ3v) is 2.90. The molecule has 0 saturated heterocycles. The average molecular weight is 266 g/mol. The van der Waals surface area contributed by atoms with E-state index in [9.17, 15) is 4.79 Å². The lowest BCUT2D eigenvalue weighted by atomic mass is 10.1. The Hall–Kier alpha value is -1.50. The van der Waals surface area contributed by atoms with Crippen molar-refractivity contribution in [3.63, 3.8) is 0 Å². The summed E-state index contributed by atoms with van der Waals surface area (Å²) in [7, 11) is 0. The summed E-state index contributed by atoms with van der Waals surface area (Å²) in [6, 6.07) is 5.11. The lowest BCUT2D eigenvalue weighted by Gasteiger charge is -2.19. The van der Waals surface area contributed by atoms with Crippen LogP contribution in [0.5, 0.6) is 0 Å². The van der Waals surface area contributed by atoms with E-state index >= 15 is 0 Å². The van der Waals surface area contributed by atoms with E-state index < -0.39 is 0 Å². The quantitative estimate of drug-likeness (QED) is 0.851. The number of aliphatic hydroxyl groups excluding tert-OH is 1. The molecule has 0 radical (unpaired) electrons. The van der Waals surface area contributed by atoms with E-state index in [0.717, 1.165) is 0 Å². The van der Waals surface area contributed by atoms with Gasteiger partial charge in [-0.1, -0.05) is 29.5 Å². The number of amides is 1. The first-order valence-electron chi connectivity index (χ1n) is 5.83. The van der Waals surface area contributed by atoms with Crippen molar-refractivity contribution in [2.24, 2.45) is 0 Å². The van der Waals surface area contributed by atoms with Gasteiger partial charge in [-0.05, 0) is 26.0 Å². The minimum atomic E-state index is -0.260. The van der Waals surface area contributed by atoms with Crippen LogP contribution in [0.4, 0.5) is 0 Å². The molecule has 0 bridgehead atoms. The van der Waals surface area contributed by atoms with E-state index in [-0.39, 0.29) is 12.5 Å². The van der Waals surface area contributed by atoms with Gasteiger partial charge in [0.05, 0.1) is 16.1 Å². The monoisotopic (exact) mass is 265 g/mol. The molecule has 1 aromatic carbocycles. The summed E-state index contributed by atoms with van der Waals surface area (Å²) in [5.41, 5.74) is 0.956. The van der Waals surface area contributed by atoms with Crippen LogP contribution in [0.25, 0.3) is 0 Å². The Balaban J connectivity index is 3.23. The van der Waals surface area contributed by atoms with Gasteiger partial charge in [-0.15, -0.1) is 0 Å². The van der Waals surface area contributed by atoms with Crippen molar-refractivity contribution < 1.29 is 9.90 Å². The molecule has 1 N–H and O–H groups in total. The zero-order chi connectivity index (χ0) is 13.5. The number of carbonyl (C=O) groups excluding carboxylic acids is 1. The Morgan fingerprint density at radius 1 is 1.39 bits per heavy atom. The summed E-state index contributed by atoms with van der Waals surface area (Å²) >= 11 is 6.05. The van der Waals surface area contributed by atoms with Crippen LogP contribution in [-0.4, -0.2) is 35.6 Å². The fourth-order valence-electron chi connectivity index (χ4n) is 1.64. The number of nitrogens with zero attached hydrogens (tertiary/aromatic N) is 1. The standard InChI is InChI=1S/C14H16ClNO2/c1-3-16(4-2)14(18)12-7-5-9-13(15)11(12)8-6-10-17/h5,7,9,17H,3-4,10H2,1-2H3. The van der Waals surface area contributed by atoms with Crippen molar-refractivity contribution >= 4 is 17.5 Å². The second-order valence-electron chi connectivity index (χ2n) is 3.60. The molecule has 0 heterocycles. The molecular weight excluding hydrogens is 250 g/mol. The number of rotatable bonds is 3. The van der Waals surface area contributed by atoms with Gasteiger partial charge in [-0.2, -0.15) is 0 Å². The van der Waals surface area contributed by atoms with Gasteiger partial charge in [0, 0.05) is 13.1 Å². The molecule has 0 aliphatic rings. The molecular formula is C14H16ClNO2. The number of hydrogen-bond donors (Lipinski definition) is 1. The van der Waals surface area contributed by atoms with E-state index in [0.29, 0.717) is 29.2 Å². The molecule has 0 spiro atoms.